The number of hydrogen-bond donors (Lipinski definition) is 4. The van der Waals surface area contributed by atoms with Crippen molar-refractivity contribution in [2.24, 2.45) is 5.73 Å². The molecule has 0 aliphatic heterocycles. The number of nitrogens with two attached hydrogens (primary N) is 1. The Morgan fingerprint density at radius 2 is 1.77 bits per heavy atom. The van der Waals surface area contributed by atoms with Crippen molar-refractivity contribution in [2.75, 3.05) is 10.6 Å². The Morgan fingerprint density at radius 3 is 2.35 bits per heavy atom. The predicted octanol–water partition coefficient (Wildman–Crippen LogP) is 3.75. The van der Waals surface area contributed by atoms with Crippen LogP contribution >= 0.6 is 0 Å². The van der Waals surface area contributed by atoms with Crippen LogP contribution in [0.1, 0.15) is 21.5 Å². The second kappa shape index (κ2) is 10.8. The van der Waals surface area contributed by atoms with Gasteiger partial charge in [-0.2, -0.15) is 13.2 Å². The number of nitrogens with zero attached hydrogens (tertiary/aromatic N) is 1. The molecule has 11 heteroatoms. The van der Waals surface area contributed by atoms with Gasteiger partial charge in [-0.15, -0.1) is 0 Å². The lowest BCUT2D eigenvalue weighted by Gasteiger charge is -2.13. The van der Waals surface area contributed by atoms with Crippen LogP contribution < -0.4 is 16.4 Å². The topological polar surface area (TPSA) is 138 Å². The minimum Gasteiger partial charge on any atom is -0.380 e. The number of carbonyl (C=O) groups is 1. The van der Waals surface area contributed by atoms with E-state index in [1.54, 1.807) is 6.07 Å². The van der Waals surface area contributed by atoms with E-state index in [4.69, 9.17) is 18.9 Å². The van der Waals surface area contributed by atoms with E-state index < -0.39 is 28.0 Å². The molecular weight excluding hydrogens is 428 g/mol. The van der Waals surface area contributed by atoms with Gasteiger partial charge in [-0.3, -0.25) is 4.79 Å². The average molecular weight is 447 g/mol. The Kier molecular flexibility index (Phi) is 8.15. The number of pyridine rings is 1. The molecule has 0 spiro atoms. The first-order valence-corrected chi connectivity index (χ1v) is 9.84. The summed E-state index contributed by atoms with van der Waals surface area (Å²) in [5.74, 6) is -1.49. The summed E-state index contributed by atoms with van der Waals surface area (Å²) in [6.45, 7) is 2.09. The quantitative estimate of drug-likeness (QED) is 0.454. The molecule has 0 fully saturated rings. The van der Waals surface area contributed by atoms with E-state index in [2.05, 4.69) is 15.6 Å². The number of rotatable bonds is 6. The van der Waals surface area contributed by atoms with E-state index in [0.717, 1.165) is 17.3 Å². The second-order valence-corrected chi connectivity index (χ2v) is 6.81. The first kappa shape index (κ1) is 23.4. The van der Waals surface area contributed by atoms with E-state index in [9.17, 15) is 13.6 Å². The van der Waals surface area contributed by atoms with Crippen molar-refractivity contribution in [1.29, 1.82) is 4.78 Å². The van der Waals surface area contributed by atoms with Crippen molar-refractivity contribution in [2.45, 2.75) is 13.5 Å². The van der Waals surface area contributed by atoms with Crippen LogP contribution in [-0.4, -0.2) is 19.3 Å². The van der Waals surface area contributed by atoms with Gasteiger partial charge in [0.05, 0.1) is 11.3 Å². The number of nitrogens with one attached hydrogen (secondary N) is 3. The number of aromatic nitrogens is 1. The van der Waals surface area contributed by atoms with Gasteiger partial charge < -0.3 is 16.4 Å². The fraction of sp³-hybridized carbons (Fsp3) is 0.100. The summed E-state index contributed by atoms with van der Waals surface area (Å²) in [6, 6.07) is 12.6. The molecule has 31 heavy (non-hydrogen) atoms. The second-order valence-electron chi connectivity index (χ2n) is 6.34. The number of carbonyl (C=O) groups excluding carboxylic acids is 1. The van der Waals surface area contributed by atoms with Crippen molar-refractivity contribution < 1.29 is 22.0 Å². The minimum absolute atomic E-state index is 0.114. The van der Waals surface area contributed by atoms with Gasteiger partial charge in [0.2, 0.25) is 0 Å². The highest BCUT2D eigenvalue weighted by Gasteiger charge is 2.11. The Morgan fingerprint density at radius 1 is 1.13 bits per heavy atom. The first-order valence-electron chi connectivity index (χ1n) is 8.77. The molecule has 0 bridgehead atoms. The van der Waals surface area contributed by atoms with Gasteiger partial charge in [0.1, 0.15) is 17.5 Å². The van der Waals surface area contributed by atoms with Crippen LogP contribution in [0.25, 0.3) is 0 Å². The van der Waals surface area contributed by atoms with Crippen molar-refractivity contribution in [1.82, 2.24) is 4.98 Å². The first-order chi connectivity index (χ1) is 14.6. The maximum atomic E-state index is 13.3. The zero-order valence-electron chi connectivity index (χ0n) is 16.3. The van der Waals surface area contributed by atoms with Crippen LogP contribution in [0.5, 0.6) is 0 Å². The summed E-state index contributed by atoms with van der Waals surface area (Å²) in [6.07, 6.45) is 1.36. The third kappa shape index (κ3) is 7.82. The molecule has 0 aliphatic rings. The molecular formula is C20H19F2N5O3S. The van der Waals surface area contributed by atoms with Gasteiger partial charge >= 0.3 is 10.5 Å². The molecule has 8 nitrogen and oxygen atoms in total. The molecule has 0 aliphatic carbocycles. The van der Waals surface area contributed by atoms with E-state index >= 15 is 0 Å². The maximum Gasteiger partial charge on any atom is 0.308 e. The van der Waals surface area contributed by atoms with Crippen LogP contribution in [0.2, 0.25) is 0 Å². The lowest BCUT2D eigenvalue weighted by molar-refractivity contribution is 0.100. The summed E-state index contributed by atoms with van der Waals surface area (Å²) in [7, 11) is -2.61. The molecule has 5 N–H and O–H groups in total. The van der Waals surface area contributed by atoms with Gasteiger partial charge in [-0.1, -0.05) is 12.1 Å². The van der Waals surface area contributed by atoms with Crippen LogP contribution in [0.3, 0.4) is 0 Å². The monoisotopic (exact) mass is 447 g/mol. The van der Waals surface area contributed by atoms with Crippen LogP contribution in [-0.2, 0) is 17.0 Å². The number of aryl methyl sites for hydroxylation is 1. The number of anilines is 3. The molecule has 2 aromatic carbocycles. The Hall–Kier alpha value is -3.86. The summed E-state index contributed by atoms with van der Waals surface area (Å²) >= 11 is 0. The third-order valence-corrected chi connectivity index (χ3v) is 3.87. The number of primary amides is 1. The number of halogens is 2. The molecule has 1 heterocycles. The Balaban J connectivity index is 0.000000785. The van der Waals surface area contributed by atoms with Gasteiger partial charge in [-0.25, -0.2) is 13.8 Å². The van der Waals surface area contributed by atoms with E-state index in [1.807, 2.05) is 31.2 Å². The maximum absolute atomic E-state index is 13.3. The van der Waals surface area contributed by atoms with Crippen LogP contribution in [0, 0.1) is 23.3 Å². The number of benzene rings is 2. The predicted molar refractivity (Wildman–Crippen MR) is 113 cm³/mol. The number of hydrogen-bond acceptors (Lipinski definition) is 7. The molecule has 0 saturated carbocycles. The molecule has 162 valence electrons. The van der Waals surface area contributed by atoms with E-state index in [1.165, 1.54) is 18.3 Å². The summed E-state index contributed by atoms with van der Waals surface area (Å²) < 4.78 is 49.5. The highest BCUT2D eigenvalue weighted by molar-refractivity contribution is 7.60. The smallest absolute Gasteiger partial charge is 0.308 e. The highest BCUT2D eigenvalue weighted by atomic mass is 32.2. The Bertz CT molecular complexity index is 1180. The van der Waals surface area contributed by atoms with Crippen molar-refractivity contribution in [3.8, 4) is 0 Å². The van der Waals surface area contributed by atoms with Crippen LogP contribution in [0.15, 0.2) is 54.7 Å². The highest BCUT2D eigenvalue weighted by Crippen LogP contribution is 2.23. The van der Waals surface area contributed by atoms with Crippen molar-refractivity contribution >= 4 is 33.6 Å². The van der Waals surface area contributed by atoms with Crippen LogP contribution in [0.4, 0.5) is 26.0 Å². The molecule has 0 unspecified atom stereocenters. The zero-order chi connectivity index (χ0) is 23.0. The molecule has 0 saturated heterocycles. The summed E-state index contributed by atoms with van der Waals surface area (Å²) in [5, 5.41) is 6.13. The molecule has 1 aromatic heterocycles. The van der Waals surface area contributed by atoms with E-state index in [0.29, 0.717) is 17.1 Å². The standard InChI is InChI=1S/C20H18F2N4O.HNO2S/c1-12-3-2-4-16(5-12)26-19-9-18(17(11-25-19)20(23)27)24-10-13-6-14(21)8-15(22)7-13;1-4(2)3/h2-9,11H,10H2,1H3,(H2,23,27)(H2,24,25,26);1H. The zero-order valence-corrected chi connectivity index (χ0v) is 17.1. The normalized spacial score (nSPS) is 9.90. The minimum atomic E-state index is -2.61. The fourth-order valence-corrected chi connectivity index (χ4v) is 2.65. The molecule has 0 radical (unpaired) electrons. The lowest BCUT2D eigenvalue weighted by Crippen LogP contribution is -2.15. The van der Waals surface area contributed by atoms with E-state index in [-0.39, 0.29) is 12.1 Å². The lowest BCUT2D eigenvalue weighted by atomic mass is 10.1. The van der Waals surface area contributed by atoms with Gasteiger partial charge in [-0.05, 0) is 42.3 Å². The van der Waals surface area contributed by atoms with Gasteiger partial charge in [0.25, 0.3) is 5.91 Å². The fourth-order valence-electron chi connectivity index (χ4n) is 2.65. The summed E-state index contributed by atoms with van der Waals surface area (Å²) in [4.78, 5) is 15.9. The molecule has 3 rings (SSSR count). The Labute approximate surface area is 178 Å². The van der Waals surface area contributed by atoms with Gasteiger partial charge in [0.15, 0.2) is 0 Å². The van der Waals surface area contributed by atoms with Gasteiger partial charge in [0, 0.05) is 30.6 Å². The van der Waals surface area contributed by atoms with Crippen molar-refractivity contribution in [3.63, 3.8) is 0 Å². The number of amides is 1. The third-order valence-electron chi connectivity index (χ3n) is 3.87. The largest absolute Gasteiger partial charge is 0.380 e. The average Bonchev–Trinajstić information content (AvgIpc) is 2.65. The molecule has 0 atom stereocenters. The molecule has 3 aromatic rings. The molecule has 1 amide bonds. The SMILES string of the molecule is Cc1cccc(Nc2cc(NCc3cc(F)cc(F)c3)c(C(N)=O)cn2)c1.N=S(=O)=O. The summed E-state index contributed by atoms with van der Waals surface area (Å²) in [5.41, 5.74) is 8.31. The van der Waals surface area contributed by atoms with Crippen molar-refractivity contribution in [3.05, 3.63) is 83.1 Å².